The second-order valence-corrected chi connectivity index (χ2v) is 7.88. The highest BCUT2D eigenvalue weighted by atomic mass is 16.6. The maximum absolute atomic E-state index is 11.6. The van der Waals surface area contributed by atoms with E-state index in [2.05, 4.69) is 16.8 Å². The van der Waals surface area contributed by atoms with Crippen LogP contribution in [-0.2, 0) is 11.2 Å². The first-order valence-electron chi connectivity index (χ1n) is 9.70. The Kier molecular flexibility index (Phi) is 4.42. The molecule has 0 bridgehead atoms. The van der Waals surface area contributed by atoms with Gasteiger partial charge in [-0.05, 0) is 55.7 Å². The van der Waals surface area contributed by atoms with Gasteiger partial charge in [0, 0.05) is 24.7 Å². The lowest BCUT2D eigenvalue weighted by molar-refractivity contribution is -0.383. The van der Waals surface area contributed by atoms with Gasteiger partial charge in [0.05, 0.1) is 21.9 Å². The minimum atomic E-state index is -0.761. The van der Waals surface area contributed by atoms with Crippen LogP contribution in [0.5, 0.6) is 0 Å². The van der Waals surface area contributed by atoms with Crippen molar-refractivity contribution in [1.82, 2.24) is 9.88 Å². The van der Waals surface area contributed by atoms with Crippen molar-refractivity contribution in [2.24, 2.45) is 5.41 Å². The summed E-state index contributed by atoms with van der Waals surface area (Å²) >= 11 is 0. The van der Waals surface area contributed by atoms with Crippen molar-refractivity contribution >= 4 is 22.6 Å². The largest absolute Gasteiger partial charge is 0.481 e. The highest BCUT2D eigenvalue weighted by Crippen LogP contribution is 2.54. The molecular weight excluding hydrogens is 346 g/mol. The number of benzene rings is 1. The number of nitrogens with one attached hydrogen (secondary N) is 1. The Morgan fingerprint density at radius 3 is 2.96 bits per heavy atom. The van der Waals surface area contributed by atoms with Crippen LogP contribution >= 0.6 is 0 Å². The number of carboxylic acid groups (broad SMARTS) is 1. The molecule has 27 heavy (non-hydrogen) atoms. The molecule has 3 heterocycles. The Labute approximate surface area is 157 Å². The van der Waals surface area contributed by atoms with Gasteiger partial charge in [-0.1, -0.05) is 13.0 Å². The molecule has 0 aliphatic carbocycles. The van der Waals surface area contributed by atoms with Gasteiger partial charge in [-0.2, -0.15) is 0 Å². The third kappa shape index (κ3) is 2.81. The van der Waals surface area contributed by atoms with Gasteiger partial charge in [-0.15, -0.1) is 0 Å². The molecule has 1 aromatic carbocycles. The van der Waals surface area contributed by atoms with E-state index in [0.717, 1.165) is 60.9 Å². The van der Waals surface area contributed by atoms with E-state index in [-0.39, 0.29) is 28.5 Å². The molecule has 1 fully saturated rings. The average Bonchev–Trinajstić information content (AvgIpc) is 3.04. The number of carbonyl (C=O) groups is 1. The zero-order valence-corrected chi connectivity index (χ0v) is 15.5. The molecule has 0 amide bonds. The summed E-state index contributed by atoms with van der Waals surface area (Å²) in [4.78, 5) is 28.5. The van der Waals surface area contributed by atoms with Crippen molar-refractivity contribution in [3.8, 4) is 0 Å². The SMILES string of the molecule is CC[C@]1(CCC(=O)O)CCCN2CCc3c([nH]c4cccc([N+](=O)[O-])c34)[C@@H]21. The smallest absolute Gasteiger partial charge is 0.303 e. The topological polar surface area (TPSA) is 99.5 Å². The summed E-state index contributed by atoms with van der Waals surface area (Å²) in [6, 6.07) is 5.30. The molecule has 0 spiro atoms. The normalized spacial score (nSPS) is 25.1. The number of hydrogen-bond donors (Lipinski definition) is 2. The fourth-order valence-corrected chi connectivity index (χ4v) is 5.40. The Bertz CT molecular complexity index is 906. The molecule has 4 rings (SSSR count). The number of non-ortho nitro benzene ring substituents is 1. The average molecular weight is 371 g/mol. The van der Waals surface area contributed by atoms with Crippen LogP contribution in [0.1, 0.15) is 56.3 Å². The number of fused-ring (bicyclic) bond motifs is 5. The van der Waals surface area contributed by atoms with Crippen molar-refractivity contribution < 1.29 is 14.8 Å². The number of nitro benzene ring substituents is 1. The number of piperidine rings is 1. The third-order valence-electron chi connectivity index (χ3n) is 6.66. The third-order valence-corrected chi connectivity index (χ3v) is 6.66. The number of hydrogen-bond acceptors (Lipinski definition) is 4. The van der Waals surface area contributed by atoms with Crippen LogP contribution in [0.25, 0.3) is 10.9 Å². The van der Waals surface area contributed by atoms with Crippen LogP contribution in [0.2, 0.25) is 0 Å². The monoisotopic (exact) mass is 371 g/mol. The molecule has 1 aromatic heterocycles. The van der Waals surface area contributed by atoms with Gasteiger partial charge in [0.2, 0.25) is 0 Å². The number of H-pyrrole nitrogens is 1. The summed E-state index contributed by atoms with van der Waals surface area (Å²) < 4.78 is 0. The van der Waals surface area contributed by atoms with Crippen LogP contribution in [-0.4, -0.2) is 39.0 Å². The Morgan fingerprint density at radius 2 is 2.26 bits per heavy atom. The number of aromatic nitrogens is 1. The minimum Gasteiger partial charge on any atom is -0.481 e. The molecule has 0 unspecified atom stereocenters. The van der Waals surface area contributed by atoms with Crippen molar-refractivity contribution in [3.05, 3.63) is 39.6 Å². The number of carboxylic acids is 1. The Morgan fingerprint density at radius 1 is 1.44 bits per heavy atom. The van der Waals surface area contributed by atoms with Crippen LogP contribution in [0.3, 0.4) is 0 Å². The second-order valence-electron chi connectivity index (χ2n) is 7.88. The summed E-state index contributed by atoms with van der Waals surface area (Å²) in [5.41, 5.74) is 2.97. The van der Waals surface area contributed by atoms with E-state index in [1.54, 1.807) is 12.1 Å². The Hall–Kier alpha value is -2.41. The van der Waals surface area contributed by atoms with Crippen molar-refractivity contribution in [2.45, 2.75) is 51.5 Å². The standard InChI is InChI=1S/C20H25N3O4/c1-2-20(10-7-16(24)25)9-4-11-22-12-8-13-17-14(21-18(13)19(20)22)5-3-6-15(17)23(26)27/h3,5-6,19,21H,2,4,7-12H2,1H3,(H,24,25)/t19-,20-/m1/s1. The van der Waals surface area contributed by atoms with Crippen LogP contribution in [0.15, 0.2) is 18.2 Å². The van der Waals surface area contributed by atoms with Crippen LogP contribution < -0.4 is 0 Å². The fraction of sp³-hybridized carbons (Fsp3) is 0.550. The highest BCUT2D eigenvalue weighted by molar-refractivity contribution is 5.93. The molecule has 1 saturated heterocycles. The lowest BCUT2D eigenvalue weighted by Gasteiger charge is -2.52. The van der Waals surface area contributed by atoms with Gasteiger partial charge in [-0.3, -0.25) is 19.8 Å². The van der Waals surface area contributed by atoms with E-state index >= 15 is 0 Å². The van der Waals surface area contributed by atoms with E-state index in [1.807, 2.05) is 6.07 Å². The highest BCUT2D eigenvalue weighted by Gasteiger charge is 2.47. The summed E-state index contributed by atoms with van der Waals surface area (Å²) in [7, 11) is 0. The van der Waals surface area contributed by atoms with E-state index in [9.17, 15) is 20.0 Å². The summed E-state index contributed by atoms with van der Waals surface area (Å²) in [5.74, 6) is -0.761. The maximum atomic E-state index is 11.6. The molecule has 7 heteroatoms. The van der Waals surface area contributed by atoms with Crippen LogP contribution in [0, 0.1) is 15.5 Å². The molecule has 2 atom stereocenters. The van der Waals surface area contributed by atoms with Crippen molar-refractivity contribution in [1.29, 1.82) is 0 Å². The molecule has 2 aromatic rings. The van der Waals surface area contributed by atoms with Crippen molar-refractivity contribution in [3.63, 3.8) is 0 Å². The van der Waals surface area contributed by atoms with Gasteiger partial charge in [0.1, 0.15) is 0 Å². The van der Waals surface area contributed by atoms with E-state index < -0.39 is 5.97 Å². The van der Waals surface area contributed by atoms with Crippen molar-refractivity contribution in [2.75, 3.05) is 13.1 Å². The minimum absolute atomic E-state index is 0.103. The van der Waals surface area contributed by atoms with Gasteiger partial charge in [-0.25, -0.2) is 0 Å². The molecule has 2 aliphatic heterocycles. The molecule has 2 N–H and O–H groups in total. The van der Waals surface area contributed by atoms with Gasteiger partial charge in [0.15, 0.2) is 0 Å². The number of nitro groups is 1. The summed E-state index contributed by atoms with van der Waals surface area (Å²) in [6.45, 7) is 4.01. The first-order chi connectivity index (χ1) is 13.0. The molecule has 144 valence electrons. The number of aromatic amines is 1. The quantitative estimate of drug-likeness (QED) is 0.610. The lowest BCUT2D eigenvalue weighted by Crippen LogP contribution is -2.49. The number of rotatable bonds is 5. The predicted molar refractivity (Wildman–Crippen MR) is 102 cm³/mol. The summed E-state index contributed by atoms with van der Waals surface area (Å²) in [6.07, 6.45) is 4.55. The molecule has 7 nitrogen and oxygen atoms in total. The predicted octanol–water partition coefficient (Wildman–Crippen LogP) is 4.03. The van der Waals surface area contributed by atoms with Gasteiger partial charge in [0.25, 0.3) is 5.69 Å². The maximum Gasteiger partial charge on any atom is 0.303 e. The Balaban J connectivity index is 1.87. The number of nitrogens with zero attached hydrogens (tertiary/aromatic N) is 2. The van der Waals surface area contributed by atoms with E-state index in [0.29, 0.717) is 6.42 Å². The van der Waals surface area contributed by atoms with Crippen LogP contribution in [0.4, 0.5) is 5.69 Å². The first kappa shape index (κ1) is 18.0. The molecular formula is C20H25N3O4. The second kappa shape index (κ2) is 6.64. The van der Waals surface area contributed by atoms with E-state index in [4.69, 9.17) is 0 Å². The lowest BCUT2D eigenvalue weighted by atomic mass is 9.65. The summed E-state index contributed by atoms with van der Waals surface area (Å²) in [5, 5.41) is 21.5. The number of aliphatic carboxylic acids is 1. The fourth-order valence-electron chi connectivity index (χ4n) is 5.40. The van der Waals surface area contributed by atoms with Gasteiger partial charge >= 0.3 is 5.97 Å². The zero-order chi connectivity index (χ0) is 19.2. The first-order valence-corrected chi connectivity index (χ1v) is 9.70. The zero-order valence-electron chi connectivity index (χ0n) is 15.5. The van der Waals surface area contributed by atoms with Gasteiger partial charge < -0.3 is 10.1 Å². The molecule has 2 aliphatic rings. The molecule has 0 saturated carbocycles. The van der Waals surface area contributed by atoms with E-state index in [1.165, 1.54) is 0 Å². The molecule has 0 radical (unpaired) electrons.